The van der Waals surface area contributed by atoms with Gasteiger partial charge >= 0.3 is 5.97 Å². The number of carboxylic acids is 1. The minimum atomic E-state index is -1.15. The summed E-state index contributed by atoms with van der Waals surface area (Å²) in [7, 11) is 1.46. The van der Waals surface area contributed by atoms with Crippen LogP contribution in [0.3, 0.4) is 0 Å². The summed E-state index contributed by atoms with van der Waals surface area (Å²) in [6.45, 7) is 1.23. The summed E-state index contributed by atoms with van der Waals surface area (Å²) in [5.41, 5.74) is -0.0680. The van der Waals surface area contributed by atoms with Crippen molar-refractivity contribution in [1.82, 2.24) is 9.80 Å². The number of carboxylic acid groups (broad SMARTS) is 1. The van der Waals surface area contributed by atoms with E-state index < -0.39 is 24.1 Å². The van der Waals surface area contributed by atoms with E-state index in [0.29, 0.717) is 17.7 Å². The molecule has 1 aromatic rings. The second kappa shape index (κ2) is 7.59. The molecule has 1 N–H and O–H groups in total. The summed E-state index contributed by atoms with van der Waals surface area (Å²) in [5.74, 6) is -2.11. The van der Waals surface area contributed by atoms with Crippen molar-refractivity contribution >= 4 is 29.4 Å². The Morgan fingerprint density at radius 3 is 2.68 bits per heavy atom. The third-order valence-corrected chi connectivity index (χ3v) is 5.28. The van der Waals surface area contributed by atoms with Gasteiger partial charge in [0.15, 0.2) is 0 Å². The minimum Gasteiger partial charge on any atom is -0.480 e. The van der Waals surface area contributed by atoms with Gasteiger partial charge in [-0.1, -0.05) is 12.1 Å². The van der Waals surface area contributed by atoms with Crippen LogP contribution in [0.2, 0.25) is 0 Å². The molecule has 0 aromatic heterocycles. The lowest BCUT2D eigenvalue weighted by Gasteiger charge is -2.48. The third-order valence-electron chi connectivity index (χ3n) is 5.28. The highest BCUT2D eigenvalue weighted by Crippen LogP contribution is 2.43. The van der Waals surface area contributed by atoms with Gasteiger partial charge < -0.3 is 19.6 Å². The normalized spacial score (nSPS) is 20.8. The van der Waals surface area contributed by atoms with Gasteiger partial charge in [0, 0.05) is 20.1 Å². The number of rotatable bonds is 7. The number of benzene rings is 1. The number of amides is 3. The monoisotopic (exact) mass is 389 g/mol. The average molecular weight is 389 g/mol. The molecule has 1 unspecified atom stereocenters. The van der Waals surface area contributed by atoms with Crippen molar-refractivity contribution in [2.45, 2.75) is 25.4 Å². The molecule has 2 aliphatic rings. The number of nitrogens with zero attached hydrogens (tertiary/aromatic N) is 3. The summed E-state index contributed by atoms with van der Waals surface area (Å²) in [6.07, 6.45) is 0.668. The molecule has 0 spiro atoms. The number of anilines is 1. The lowest BCUT2D eigenvalue weighted by molar-refractivity contribution is -0.145. The van der Waals surface area contributed by atoms with Crippen LogP contribution in [-0.4, -0.2) is 77.6 Å². The Labute approximate surface area is 162 Å². The zero-order valence-corrected chi connectivity index (χ0v) is 15.9. The summed E-state index contributed by atoms with van der Waals surface area (Å²) in [6, 6.07) is 6.82. The fourth-order valence-corrected chi connectivity index (χ4v) is 3.83. The van der Waals surface area contributed by atoms with Crippen LogP contribution in [0.5, 0.6) is 0 Å². The van der Waals surface area contributed by atoms with Crippen molar-refractivity contribution in [3.63, 3.8) is 0 Å². The van der Waals surface area contributed by atoms with Crippen LogP contribution < -0.4 is 4.90 Å². The van der Waals surface area contributed by atoms with E-state index in [1.165, 1.54) is 12.0 Å². The molecule has 0 aliphatic carbocycles. The van der Waals surface area contributed by atoms with Gasteiger partial charge in [-0.3, -0.25) is 24.1 Å². The van der Waals surface area contributed by atoms with E-state index in [-0.39, 0.29) is 37.9 Å². The van der Waals surface area contributed by atoms with Crippen molar-refractivity contribution in [2.75, 3.05) is 38.3 Å². The highest BCUT2D eigenvalue weighted by molar-refractivity contribution is 6.11. The van der Waals surface area contributed by atoms with Crippen molar-refractivity contribution in [2.24, 2.45) is 0 Å². The molecule has 9 nitrogen and oxygen atoms in total. The van der Waals surface area contributed by atoms with E-state index in [4.69, 9.17) is 9.84 Å². The van der Waals surface area contributed by atoms with Gasteiger partial charge in [0.25, 0.3) is 5.91 Å². The largest absolute Gasteiger partial charge is 0.480 e. The molecule has 2 aliphatic heterocycles. The van der Waals surface area contributed by atoms with Crippen LogP contribution >= 0.6 is 0 Å². The Morgan fingerprint density at radius 2 is 2.00 bits per heavy atom. The van der Waals surface area contributed by atoms with Gasteiger partial charge in [-0.2, -0.15) is 0 Å². The van der Waals surface area contributed by atoms with Crippen molar-refractivity contribution in [1.29, 1.82) is 0 Å². The molecule has 150 valence electrons. The lowest BCUT2D eigenvalue weighted by Crippen LogP contribution is -2.64. The highest BCUT2D eigenvalue weighted by atomic mass is 16.5. The summed E-state index contributed by atoms with van der Waals surface area (Å²) >= 11 is 0. The molecule has 0 saturated carbocycles. The molecule has 1 aromatic carbocycles. The molecule has 9 heteroatoms. The number of hydrogen-bond donors (Lipinski definition) is 1. The summed E-state index contributed by atoms with van der Waals surface area (Å²) in [4.78, 5) is 53.7. The topological polar surface area (TPSA) is 107 Å². The molecule has 3 rings (SSSR count). The van der Waals surface area contributed by atoms with Crippen molar-refractivity contribution < 1.29 is 29.0 Å². The van der Waals surface area contributed by atoms with Crippen LogP contribution in [0.4, 0.5) is 5.69 Å². The maximum atomic E-state index is 13.1. The Hall–Kier alpha value is -2.94. The van der Waals surface area contributed by atoms with Gasteiger partial charge in [-0.05, 0) is 25.5 Å². The van der Waals surface area contributed by atoms with Gasteiger partial charge in [0.1, 0.15) is 18.8 Å². The van der Waals surface area contributed by atoms with E-state index in [1.54, 1.807) is 36.1 Å². The smallest absolute Gasteiger partial charge is 0.323 e. The third kappa shape index (κ3) is 3.33. The molecule has 1 atom stereocenters. The van der Waals surface area contributed by atoms with Crippen molar-refractivity contribution in [3.05, 3.63) is 29.8 Å². The molecule has 1 saturated heterocycles. The van der Waals surface area contributed by atoms with Crippen LogP contribution in [0, 0.1) is 0 Å². The molecule has 2 heterocycles. The number of carbonyl (C=O) groups excluding carboxylic acids is 3. The van der Waals surface area contributed by atoms with Crippen LogP contribution in [0.15, 0.2) is 24.3 Å². The molecule has 28 heavy (non-hydrogen) atoms. The van der Waals surface area contributed by atoms with Crippen LogP contribution in [0.1, 0.15) is 30.1 Å². The fraction of sp³-hybridized carbons (Fsp3) is 0.474. The van der Waals surface area contributed by atoms with Crippen LogP contribution in [-0.2, 0) is 19.1 Å². The minimum absolute atomic E-state index is 0.0968. The molecule has 0 radical (unpaired) electrons. The van der Waals surface area contributed by atoms with Gasteiger partial charge in [0.05, 0.1) is 17.9 Å². The molecule has 0 bridgehead atoms. The fourth-order valence-electron chi connectivity index (χ4n) is 3.83. The molecule has 3 amide bonds. The lowest BCUT2D eigenvalue weighted by atomic mass is 9.98. The Balaban J connectivity index is 1.92. The van der Waals surface area contributed by atoms with Crippen molar-refractivity contribution in [3.8, 4) is 0 Å². The maximum absolute atomic E-state index is 13.1. The first-order chi connectivity index (χ1) is 13.3. The van der Waals surface area contributed by atoms with Gasteiger partial charge in [-0.15, -0.1) is 0 Å². The van der Waals surface area contributed by atoms with E-state index in [2.05, 4.69) is 0 Å². The Kier molecular flexibility index (Phi) is 5.37. The second-order valence-corrected chi connectivity index (χ2v) is 7.06. The number of ether oxygens (including phenoxy) is 1. The number of methoxy groups -OCH3 is 1. The van der Waals surface area contributed by atoms with Gasteiger partial charge in [0.2, 0.25) is 11.8 Å². The second-order valence-electron chi connectivity index (χ2n) is 7.06. The maximum Gasteiger partial charge on any atom is 0.323 e. The van der Waals surface area contributed by atoms with Crippen LogP contribution in [0.25, 0.3) is 0 Å². The standard InChI is InChI=1S/C19H23N3O6/c1-19-8-7-15(23)22(19)14-6-4-3-5-13(14)18(27)21(19)11-16(24)20(9-10-28-2)12-17(25)26/h3-6H,7-12H2,1-2H3,(H,25,26). The first-order valence-corrected chi connectivity index (χ1v) is 9.02. The number of fused-ring (bicyclic) bond motifs is 3. The summed E-state index contributed by atoms with van der Waals surface area (Å²) in [5, 5.41) is 9.09. The van der Waals surface area contributed by atoms with E-state index >= 15 is 0 Å². The number of hydrogen-bond acceptors (Lipinski definition) is 5. The predicted molar refractivity (Wildman–Crippen MR) is 98.7 cm³/mol. The molecular weight excluding hydrogens is 366 g/mol. The number of para-hydroxylation sites is 1. The number of aliphatic carboxylic acids is 1. The van der Waals surface area contributed by atoms with E-state index in [1.807, 2.05) is 0 Å². The first-order valence-electron chi connectivity index (χ1n) is 9.02. The Morgan fingerprint density at radius 1 is 1.29 bits per heavy atom. The summed E-state index contributed by atoms with van der Waals surface area (Å²) < 4.78 is 4.94. The quantitative estimate of drug-likeness (QED) is 0.730. The zero-order valence-electron chi connectivity index (χ0n) is 15.9. The first kappa shape index (κ1) is 19.8. The highest BCUT2D eigenvalue weighted by Gasteiger charge is 2.53. The number of carbonyl (C=O) groups is 4. The molecular formula is C19H23N3O6. The van der Waals surface area contributed by atoms with E-state index in [0.717, 1.165) is 4.90 Å². The van der Waals surface area contributed by atoms with E-state index in [9.17, 15) is 19.2 Å². The predicted octanol–water partition coefficient (Wildman–Crippen LogP) is 0.545. The van der Waals surface area contributed by atoms with Gasteiger partial charge in [-0.25, -0.2) is 0 Å². The average Bonchev–Trinajstić information content (AvgIpc) is 2.97. The Bertz CT molecular complexity index is 826. The molecule has 1 fully saturated rings. The SMILES string of the molecule is COCCN(CC(=O)O)C(=O)CN1C(=O)c2ccccc2N2C(=O)CCC12C. The zero-order chi connectivity index (χ0) is 20.5.